The van der Waals surface area contributed by atoms with E-state index in [1.54, 1.807) is 7.11 Å². The van der Waals surface area contributed by atoms with E-state index < -0.39 is 0 Å². The lowest BCUT2D eigenvalue weighted by Gasteiger charge is -2.64. The van der Waals surface area contributed by atoms with E-state index in [4.69, 9.17) is 18.9 Å². The van der Waals surface area contributed by atoms with Gasteiger partial charge >= 0.3 is 5.97 Å². The predicted octanol–water partition coefficient (Wildman–Crippen LogP) is 7.63. The number of benzene rings is 1. The molecule has 238 valence electrons. The van der Waals surface area contributed by atoms with Gasteiger partial charge < -0.3 is 18.9 Å². The van der Waals surface area contributed by atoms with Crippen LogP contribution in [0.3, 0.4) is 0 Å². The molecule has 4 saturated carbocycles. The lowest BCUT2D eigenvalue weighted by atomic mass is 9.43. The number of ketones is 1. The van der Waals surface area contributed by atoms with Crippen molar-refractivity contribution >= 4 is 11.8 Å². The van der Waals surface area contributed by atoms with E-state index in [-0.39, 0.29) is 35.3 Å². The van der Waals surface area contributed by atoms with Crippen molar-refractivity contribution < 1.29 is 28.5 Å². The normalized spacial score (nSPS) is 41.5. The van der Waals surface area contributed by atoms with Gasteiger partial charge in [0, 0.05) is 38.6 Å². The summed E-state index contributed by atoms with van der Waals surface area (Å²) in [5.41, 5.74) is 0.534. The molecular weight excluding hydrogens is 540 g/mol. The second-order valence-corrected chi connectivity index (χ2v) is 15.1. The van der Waals surface area contributed by atoms with Crippen LogP contribution in [0, 0.1) is 46.3 Å². The van der Waals surface area contributed by atoms with Crippen LogP contribution in [0.2, 0.25) is 0 Å². The number of fused-ring (bicyclic) bond motifs is 5. The maximum absolute atomic E-state index is 13.7. The van der Waals surface area contributed by atoms with Crippen LogP contribution in [0.15, 0.2) is 30.3 Å². The highest BCUT2D eigenvalue weighted by molar-refractivity contribution is 5.89. The van der Waals surface area contributed by atoms with Crippen LogP contribution in [-0.2, 0) is 23.7 Å². The van der Waals surface area contributed by atoms with Crippen LogP contribution >= 0.6 is 0 Å². The van der Waals surface area contributed by atoms with E-state index in [0.29, 0.717) is 59.7 Å². The fourth-order valence-corrected chi connectivity index (χ4v) is 10.7. The summed E-state index contributed by atoms with van der Waals surface area (Å²) in [6.07, 6.45) is 11.5. The van der Waals surface area contributed by atoms with Gasteiger partial charge in [0.15, 0.2) is 6.29 Å². The highest BCUT2D eigenvalue weighted by Gasteiger charge is 2.67. The molecule has 5 aliphatic rings. The number of Topliss-reactive ketones (excluding diaryl/α,β-unsaturated/α-hetero) is 1. The molecule has 1 aromatic carbocycles. The smallest absolute Gasteiger partial charge is 0.338 e. The number of esters is 1. The summed E-state index contributed by atoms with van der Waals surface area (Å²) in [6.45, 7) is 8.86. The molecule has 4 aliphatic carbocycles. The molecule has 11 atom stereocenters. The van der Waals surface area contributed by atoms with Crippen LogP contribution in [0.5, 0.6) is 0 Å². The summed E-state index contributed by atoms with van der Waals surface area (Å²) in [6, 6.07) is 9.50. The summed E-state index contributed by atoms with van der Waals surface area (Å²) in [7, 11) is 1.78. The molecule has 0 N–H and O–H groups in total. The van der Waals surface area contributed by atoms with Gasteiger partial charge in [-0.2, -0.15) is 0 Å². The fraction of sp³-hybridized carbons (Fsp3) is 0.784. The summed E-state index contributed by atoms with van der Waals surface area (Å²) >= 11 is 0. The second-order valence-electron chi connectivity index (χ2n) is 15.1. The number of rotatable bonds is 9. The predicted molar refractivity (Wildman–Crippen MR) is 165 cm³/mol. The number of carbonyl (C=O) groups is 2. The van der Waals surface area contributed by atoms with Crippen molar-refractivity contribution in [2.45, 2.75) is 116 Å². The van der Waals surface area contributed by atoms with Gasteiger partial charge in [0.25, 0.3) is 0 Å². The average molecular weight is 595 g/mol. The van der Waals surface area contributed by atoms with Gasteiger partial charge in [-0.1, -0.05) is 39.0 Å². The van der Waals surface area contributed by atoms with Crippen LogP contribution in [0.25, 0.3) is 0 Å². The topological polar surface area (TPSA) is 71.1 Å². The first-order valence-electron chi connectivity index (χ1n) is 17.3. The average Bonchev–Trinajstić information content (AvgIpc) is 3.37. The molecular formula is C37H54O6. The number of carbonyl (C=O) groups excluding carboxylic acids is 2. The Labute approximate surface area is 258 Å². The van der Waals surface area contributed by atoms with Crippen molar-refractivity contribution in [1.29, 1.82) is 0 Å². The van der Waals surface area contributed by atoms with Gasteiger partial charge in [0.05, 0.1) is 11.7 Å². The molecule has 1 aliphatic heterocycles. The first-order valence-corrected chi connectivity index (χ1v) is 17.3. The van der Waals surface area contributed by atoms with E-state index >= 15 is 0 Å². The lowest BCUT2D eigenvalue weighted by molar-refractivity contribution is -0.258. The zero-order valence-corrected chi connectivity index (χ0v) is 26.9. The molecule has 0 spiro atoms. The molecule has 43 heavy (non-hydrogen) atoms. The highest BCUT2D eigenvalue weighted by Crippen LogP contribution is 2.69. The molecule has 1 heterocycles. The third-order valence-corrected chi connectivity index (χ3v) is 13.0. The number of hydrogen-bond acceptors (Lipinski definition) is 6. The van der Waals surface area contributed by atoms with Crippen LogP contribution in [-0.4, -0.2) is 50.6 Å². The fourth-order valence-electron chi connectivity index (χ4n) is 10.7. The molecule has 0 aromatic heterocycles. The van der Waals surface area contributed by atoms with E-state index in [1.165, 1.54) is 0 Å². The number of methoxy groups -OCH3 is 1. The third-order valence-electron chi connectivity index (χ3n) is 13.0. The van der Waals surface area contributed by atoms with Gasteiger partial charge in [-0.25, -0.2) is 4.79 Å². The molecule has 6 rings (SSSR count). The Balaban J connectivity index is 1.37. The molecule has 5 fully saturated rings. The first kappa shape index (κ1) is 31.2. The largest absolute Gasteiger partial charge is 0.458 e. The summed E-state index contributed by atoms with van der Waals surface area (Å²) in [5, 5.41) is 0. The molecule has 6 nitrogen and oxygen atoms in total. The molecule has 1 unspecified atom stereocenters. The Kier molecular flexibility index (Phi) is 9.39. The van der Waals surface area contributed by atoms with E-state index in [9.17, 15) is 9.59 Å². The minimum atomic E-state index is -0.207. The highest BCUT2D eigenvalue weighted by atomic mass is 16.7. The summed E-state index contributed by atoms with van der Waals surface area (Å²) in [5.74, 6) is 2.61. The van der Waals surface area contributed by atoms with E-state index in [1.807, 2.05) is 30.3 Å². The van der Waals surface area contributed by atoms with Gasteiger partial charge in [-0.05, 0) is 117 Å². The van der Waals surface area contributed by atoms with Crippen molar-refractivity contribution in [3.8, 4) is 0 Å². The van der Waals surface area contributed by atoms with Gasteiger partial charge in [0.1, 0.15) is 11.9 Å². The Morgan fingerprint density at radius 2 is 1.88 bits per heavy atom. The minimum absolute atomic E-state index is 0.0484. The maximum Gasteiger partial charge on any atom is 0.338 e. The Hall–Kier alpha value is -1.76. The van der Waals surface area contributed by atoms with Crippen LogP contribution < -0.4 is 0 Å². The Bertz CT molecular complexity index is 1120. The minimum Gasteiger partial charge on any atom is -0.458 e. The molecule has 1 aromatic rings. The van der Waals surface area contributed by atoms with Crippen molar-refractivity contribution in [3.05, 3.63) is 35.9 Å². The van der Waals surface area contributed by atoms with Crippen LogP contribution in [0.4, 0.5) is 0 Å². The monoisotopic (exact) mass is 594 g/mol. The van der Waals surface area contributed by atoms with E-state index in [2.05, 4.69) is 20.8 Å². The quantitative estimate of drug-likeness (QED) is 0.166. The lowest BCUT2D eigenvalue weighted by Crippen LogP contribution is -2.63. The van der Waals surface area contributed by atoms with Crippen molar-refractivity contribution in [2.75, 3.05) is 20.3 Å². The summed E-state index contributed by atoms with van der Waals surface area (Å²) in [4.78, 5) is 26.5. The second kappa shape index (κ2) is 12.9. The molecule has 0 amide bonds. The Morgan fingerprint density at radius 1 is 1.07 bits per heavy atom. The van der Waals surface area contributed by atoms with Crippen molar-refractivity contribution in [2.24, 2.45) is 46.3 Å². The number of hydrogen-bond donors (Lipinski definition) is 0. The molecule has 0 bridgehead atoms. The third kappa shape index (κ3) is 5.86. The van der Waals surface area contributed by atoms with E-state index in [0.717, 1.165) is 77.4 Å². The Morgan fingerprint density at radius 3 is 2.63 bits per heavy atom. The molecule has 0 radical (unpaired) electrons. The van der Waals surface area contributed by atoms with Gasteiger partial charge in [-0.3, -0.25) is 4.79 Å². The van der Waals surface area contributed by atoms with Gasteiger partial charge in [-0.15, -0.1) is 0 Å². The first-order chi connectivity index (χ1) is 20.8. The molecule has 1 saturated heterocycles. The SMILES string of the molecule is COCCCC(C)[C@H]1CC[C@H]2[C@@H]3[C@H](O[C@H]4CCCCO4)C[C@@H]4CC(=O)CC[C@]4(C)[C@H]3C[C@H](OC(=O)c3ccccc3)[C@]12C. The zero-order chi connectivity index (χ0) is 30.2. The molecule has 6 heteroatoms. The number of ether oxygens (including phenoxy) is 4. The standard InChI is InChI=1S/C37H54O6/c1-24(11-10-19-40-4)28-15-16-29-34-30(23-32(37(28,29)3)43-35(39)25-12-6-5-7-13-25)36(2)18-17-27(38)21-26(36)22-31(34)42-33-14-8-9-20-41-33/h5-7,12-13,24,26,28-34H,8-11,14-23H2,1-4H3/t24?,26-,28+,29-,30-,31+,32-,33-,34-,36-,37+/m0/s1. The van der Waals surface area contributed by atoms with Gasteiger partial charge in [0.2, 0.25) is 0 Å². The van der Waals surface area contributed by atoms with Crippen molar-refractivity contribution in [3.63, 3.8) is 0 Å². The van der Waals surface area contributed by atoms with Crippen molar-refractivity contribution in [1.82, 2.24) is 0 Å². The van der Waals surface area contributed by atoms with Crippen LogP contribution in [0.1, 0.15) is 108 Å². The summed E-state index contributed by atoms with van der Waals surface area (Å²) < 4.78 is 25.2. The maximum atomic E-state index is 13.7. The zero-order valence-electron chi connectivity index (χ0n) is 26.9.